The lowest BCUT2D eigenvalue weighted by atomic mass is 9.86. The molecule has 0 saturated heterocycles. The van der Waals surface area contributed by atoms with E-state index in [9.17, 15) is 9.59 Å². The molecule has 4 N–H and O–H groups in total. The van der Waals surface area contributed by atoms with Crippen molar-refractivity contribution in [2.75, 3.05) is 25.3 Å². The van der Waals surface area contributed by atoms with Gasteiger partial charge in [0.2, 0.25) is 11.9 Å². The summed E-state index contributed by atoms with van der Waals surface area (Å²) in [7, 11) is 3.07. The van der Waals surface area contributed by atoms with Crippen molar-refractivity contribution in [1.82, 2.24) is 9.97 Å². The maximum atomic E-state index is 12.3. The average Bonchev–Trinajstić information content (AvgIpc) is 2.52. The van der Waals surface area contributed by atoms with Crippen molar-refractivity contribution in [3.8, 4) is 11.5 Å². The Bertz CT molecular complexity index is 831. The number of nitrogen functional groups attached to an aromatic ring is 1. The Morgan fingerprint density at radius 1 is 1.26 bits per heavy atom. The first-order valence-corrected chi connectivity index (χ1v) is 6.95. The van der Waals surface area contributed by atoms with Crippen molar-refractivity contribution in [1.29, 1.82) is 0 Å². The first-order chi connectivity index (χ1) is 11.0. The minimum atomic E-state index is -0.499. The SMILES string of the molecule is COc1ccc(OC)c([C@H]2CC(=O)Nc3nc(N)[nH]c(=O)c32)c1. The van der Waals surface area contributed by atoms with E-state index in [-0.39, 0.29) is 29.7 Å². The van der Waals surface area contributed by atoms with Gasteiger partial charge in [0, 0.05) is 17.9 Å². The monoisotopic (exact) mass is 316 g/mol. The molecule has 0 bridgehead atoms. The van der Waals surface area contributed by atoms with Gasteiger partial charge in [0.05, 0.1) is 19.8 Å². The number of hydrogen-bond donors (Lipinski definition) is 3. The number of carbonyl (C=O) groups is 1. The molecule has 3 rings (SSSR count). The predicted octanol–water partition coefficient (Wildman–Crippen LogP) is 0.843. The fraction of sp³-hybridized carbons (Fsp3) is 0.267. The van der Waals surface area contributed by atoms with Gasteiger partial charge in [-0.05, 0) is 18.2 Å². The van der Waals surface area contributed by atoms with Gasteiger partial charge < -0.3 is 20.5 Å². The number of ether oxygens (including phenoxy) is 2. The van der Waals surface area contributed by atoms with Crippen LogP contribution < -0.4 is 26.1 Å². The van der Waals surface area contributed by atoms with Crippen LogP contribution in [0.15, 0.2) is 23.0 Å². The van der Waals surface area contributed by atoms with Crippen LogP contribution in [0.3, 0.4) is 0 Å². The number of nitrogens with one attached hydrogen (secondary N) is 2. The minimum Gasteiger partial charge on any atom is -0.497 e. The average molecular weight is 316 g/mol. The number of benzene rings is 1. The van der Waals surface area contributed by atoms with Crippen LogP contribution in [0.1, 0.15) is 23.5 Å². The second-order valence-corrected chi connectivity index (χ2v) is 5.13. The van der Waals surface area contributed by atoms with E-state index in [1.165, 1.54) is 7.11 Å². The van der Waals surface area contributed by atoms with E-state index in [0.29, 0.717) is 22.6 Å². The van der Waals surface area contributed by atoms with E-state index in [0.717, 1.165) is 0 Å². The van der Waals surface area contributed by atoms with E-state index in [4.69, 9.17) is 15.2 Å². The highest BCUT2D eigenvalue weighted by Crippen LogP contribution is 2.39. The summed E-state index contributed by atoms with van der Waals surface area (Å²) >= 11 is 0. The summed E-state index contributed by atoms with van der Waals surface area (Å²) in [5.41, 5.74) is 6.20. The summed E-state index contributed by atoms with van der Waals surface area (Å²) < 4.78 is 10.6. The van der Waals surface area contributed by atoms with Crippen LogP contribution in [0.4, 0.5) is 11.8 Å². The molecule has 1 aromatic carbocycles. The number of fused-ring (bicyclic) bond motifs is 1. The van der Waals surface area contributed by atoms with Gasteiger partial charge in [-0.1, -0.05) is 0 Å². The summed E-state index contributed by atoms with van der Waals surface area (Å²) in [6.45, 7) is 0. The third kappa shape index (κ3) is 2.59. The Balaban J connectivity index is 2.22. The van der Waals surface area contributed by atoms with E-state index in [2.05, 4.69) is 15.3 Å². The number of H-pyrrole nitrogens is 1. The number of hydrogen-bond acceptors (Lipinski definition) is 6. The fourth-order valence-electron chi connectivity index (χ4n) is 2.77. The van der Waals surface area contributed by atoms with E-state index in [1.807, 2.05) is 0 Å². The summed E-state index contributed by atoms with van der Waals surface area (Å²) in [4.78, 5) is 30.8. The summed E-state index contributed by atoms with van der Waals surface area (Å²) in [6.07, 6.45) is 0.102. The highest BCUT2D eigenvalue weighted by atomic mass is 16.5. The van der Waals surface area contributed by atoms with E-state index >= 15 is 0 Å². The zero-order chi connectivity index (χ0) is 16.6. The molecule has 8 heteroatoms. The normalized spacial score (nSPS) is 16.4. The second kappa shape index (κ2) is 5.64. The van der Waals surface area contributed by atoms with Gasteiger partial charge in [-0.15, -0.1) is 0 Å². The predicted molar refractivity (Wildman–Crippen MR) is 83.9 cm³/mol. The molecule has 1 aromatic heterocycles. The number of nitrogens with zero attached hydrogens (tertiary/aromatic N) is 1. The maximum absolute atomic E-state index is 12.3. The molecule has 23 heavy (non-hydrogen) atoms. The van der Waals surface area contributed by atoms with Crippen LogP contribution in [0.5, 0.6) is 11.5 Å². The third-order valence-electron chi connectivity index (χ3n) is 3.78. The number of aromatic nitrogens is 2. The maximum Gasteiger partial charge on any atom is 0.258 e. The quantitative estimate of drug-likeness (QED) is 0.772. The third-order valence-corrected chi connectivity index (χ3v) is 3.78. The summed E-state index contributed by atoms with van der Waals surface area (Å²) in [5.74, 6) is 0.552. The molecule has 2 heterocycles. The molecule has 0 unspecified atom stereocenters. The standard InChI is InChI=1S/C15H16N4O4/c1-22-7-3-4-10(23-2)8(5-7)9-6-11(20)17-13-12(9)14(21)19-15(16)18-13/h3-5,9H,6H2,1-2H3,(H4,16,17,18,19,20,21)/t9-/m1/s1. The molecule has 0 radical (unpaired) electrons. The molecule has 0 spiro atoms. The summed E-state index contributed by atoms with van der Waals surface area (Å²) in [5, 5.41) is 2.59. The number of rotatable bonds is 3. The summed E-state index contributed by atoms with van der Waals surface area (Å²) in [6, 6.07) is 5.23. The molecular weight excluding hydrogens is 300 g/mol. The van der Waals surface area contributed by atoms with Gasteiger partial charge in [-0.3, -0.25) is 14.6 Å². The lowest BCUT2D eigenvalue weighted by molar-refractivity contribution is -0.116. The molecule has 120 valence electrons. The molecule has 0 aliphatic carbocycles. The van der Waals surface area contributed by atoms with Gasteiger partial charge in [0.25, 0.3) is 5.56 Å². The van der Waals surface area contributed by atoms with Crippen molar-refractivity contribution in [3.05, 3.63) is 39.7 Å². The van der Waals surface area contributed by atoms with Crippen LogP contribution in [-0.4, -0.2) is 30.1 Å². The number of methoxy groups -OCH3 is 2. The van der Waals surface area contributed by atoms with Crippen LogP contribution in [-0.2, 0) is 4.79 Å². The van der Waals surface area contributed by atoms with Gasteiger partial charge in [0.1, 0.15) is 17.3 Å². The number of carbonyl (C=O) groups excluding carboxylic acids is 1. The number of nitrogens with two attached hydrogens (primary N) is 1. The number of amides is 1. The van der Waals surface area contributed by atoms with Gasteiger partial charge in [0.15, 0.2) is 0 Å². The fourth-order valence-corrected chi connectivity index (χ4v) is 2.77. The molecule has 0 saturated carbocycles. The van der Waals surface area contributed by atoms with Crippen molar-refractivity contribution in [3.63, 3.8) is 0 Å². The Kier molecular flexibility index (Phi) is 3.65. The number of anilines is 2. The second-order valence-electron chi connectivity index (χ2n) is 5.13. The molecule has 8 nitrogen and oxygen atoms in total. The lowest BCUT2D eigenvalue weighted by Gasteiger charge is -2.25. The first-order valence-electron chi connectivity index (χ1n) is 6.95. The first kappa shape index (κ1) is 14.9. The molecule has 0 fully saturated rings. The molecule has 1 amide bonds. The Hall–Kier alpha value is -3.03. The van der Waals surface area contributed by atoms with Crippen LogP contribution in [0.2, 0.25) is 0 Å². The molecular formula is C15H16N4O4. The van der Waals surface area contributed by atoms with Gasteiger partial charge >= 0.3 is 0 Å². The highest BCUT2D eigenvalue weighted by molar-refractivity contribution is 5.94. The van der Waals surface area contributed by atoms with Crippen molar-refractivity contribution < 1.29 is 14.3 Å². The van der Waals surface area contributed by atoms with E-state index in [1.54, 1.807) is 25.3 Å². The van der Waals surface area contributed by atoms with Crippen molar-refractivity contribution in [2.24, 2.45) is 0 Å². The Morgan fingerprint density at radius 3 is 2.74 bits per heavy atom. The van der Waals surface area contributed by atoms with Crippen molar-refractivity contribution >= 4 is 17.7 Å². The van der Waals surface area contributed by atoms with Crippen LogP contribution >= 0.6 is 0 Å². The van der Waals surface area contributed by atoms with Gasteiger partial charge in [-0.2, -0.15) is 4.98 Å². The topological polar surface area (TPSA) is 119 Å². The lowest BCUT2D eigenvalue weighted by Crippen LogP contribution is -2.31. The zero-order valence-corrected chi connectivity index (χ0v) is 12.7. The van der Waals surface area contributed by atoms with E-state index < -0.39 is 5.92 Å². The van der Waals surface area contributed by atoms with Gasteiger partial charge in [-0.25, -0.2) is 0 Å². The molecule has 2 aromatic rings. The number of aromatic amines is 1. The Morgan fingerprint density at radius 2 is 2.04 bits per heavy atom. The molecule has 1 aliphatic heterocycles. The Labute approximate surface area is 131 Å². The van der Waals surface area contributed by atoms with Crippen LogP contribution in [0.25, 0.3) is 0 Å². The largest absolute Gasteiger partial charge is 0.497 e. The van der Waals surface area contributed by atoms with Crippen molar-refractivity contribution in [2.45, 2.75) is 12.3 Å². The minimum absolute atomic E-state index is 0.0488. The zero-order valence-electron chi connectivity index (χ0n) is 12.7. The highest BCUT2D eigenvalue weighted by Gasteiger charge is 2.32. The van der Waals surface area contributed by atoms with Crippen LogP contribution in [0, 0.1) is 0 Å². The molecule has 1 atom stereocenters. The smallest absolute Gasteiger partial charge is 0.258 e. The molecule has 1 aliphatic rings.